The predicted octanol–water partition coefficient (Wildman–Crippen LogP) is 3.75. The summed E-state index contributed by atoms with van der Waals surface area (Å²) in [5, 5.41) is 0. The maximum Gasteiger partial charge on any atom is 0.140 e. The third-order valence-electron chi connectivity index (χ3n) is 2.54. The summed E-state index contributed by atoms with van der Waals surface area (Å²) in [6.07, 6.45) is 0.991. The van der Waals surface area contributed by atoms with Crippen LogP contribution in [0.3, 0.4) is 0 Å². The van der Waals surface area contributed by atoms with Gasteiger partial charge < -0.3 is 0 Å². The molecule has 0 aromatic heterocycles. The molecule has 3 heteroatoms. The highest BCUT2D eigenvalue weighted by Gasteiger charge is 2.13. The molecule has 0 saturated heterocycles. The molecule has 1 unspecified atom stereocenters. The van der Waals surface area contributed by atoms with E-state index in [0.29, 0.717) is 10.0 Å². The number of Topliss-reactive ketones (excluding diaryl/α,β-unsaturated/α-hetero) is 1. The van der Waals surface area contributed by atoms with Crippen molar-refractivity contribution in [1.82, 2.24) is 0 Å². The lowest BCUT2D eigenvalue weighted by Gasteiger charge is -2.08. The van der Waals surface area contributed by atoms with Crippen LogP contribution in [-0.2, 0) is 11.2 Å². The summed E-state index contributed by atoms with van der Waals surface area (Å²) < 4.78 is 14.1. The van der Waals surface area contributed by atoms with Crippen molar-refractivity contribution in [1.29, 1.82) is 0 Å². The van der Waals surface area contributed by atoms with Gasteiger partial charge in [0, 0.05) is 16.8 Å². The Hall–Kier alpha value is -0.700. The molecular formula is C12H14BrFO. The van der Waals surface area contributed by atoms with Crippen LogP contribution in [0.1, 0.15) is 25.8 Å². The molecule has 0 saturated carbocycles. The van der Waals surface area contributed by atoms with Gasteiger partial charge in [-0.05, 0) is 24.1 Å². The fraction of sp³-hybridized carbons (Fsp3) is 0.417. The zero-order valence-corrected chi connectivity index (χ0v) is 10.5. The van der Waals surface area contributed by atoms with E-state index in [4.69, 9.17) is 0 Å². The average Bonchev–Trinajstić information content (AvgIpc) is 2.20. The van der Waals surface area contributed by atoms with Crippen LogP contribution >= 0.6 is 15.9 Å². The molecular weight excluding hydrogens is 259 g/mol. The maximum atomic E-state index is 13.4. The van der Waals surface area contributed by atoms with E-state index in [1.54, 1.807) is 12.1 Å². The Bertz CT molecular complexity index is 363. The number of carbonyl (C=O) groups is 1. The molecule has 0 fully saturated rings. The molecule has 0 radical (unpaired) electrons. The topological polar surface area (TPSA) is 17.1 Å². The zero-order chi connectivity index (χ0) is 11.4. The van der Waals surface area contributed by atoms with E-state index in [0.717, 1.165) is 6.42 Å². The highest BCUT2D eigenvalue weighted by molar-refractivity contribution is 9.10. The van der Waals surface area contributed by atoms with Gasteiger partial charge in [0.1, 0.15) is 11.6 Å². The van der Waals surface area contributed by atoms with Crippen molar-refractivity contribution in [2.75, 3.05) is 0 Å². The second-order valence-corrected chi connectivity index (χ2v) is 4.60. The van der Waals surface area contributed by atoms with E-state index in [2.05, 4.69) is 15.9 Å². The summed E-state index contributed by atoms with van der Waals surface area (Å²) in [5.41, 5.74) is 0.475. The summed E-state index contributed by atoms with van der Waals surface area (Å²) in [6, 6.07) is 4.79. The van der Waals surface area contributed by atoms with Crippen LogP contribution in [0.2, 0.25) is 0 Å². The Morgan fingerprint density at radius 3 is 2.73 bits per heavy atom. The third kappa shape index (κ3) is 3.42. The van der Waals surface area contributed by atoms with Crippen LogP contribution in [0.15, 0.2) is 22.7 Å². The van der Waals surface area contributed by atoms with Gasteiger partial charge >= 0.3 is 0 Å². The van der Waals surface area contributed by atoms with Gasteiger partial charge in [-0.3, -0.25) is 4.79 Å². The first-order valence-corrected chi connectivity index (χ1v) is 5.80. The zero-order valence-electron chi connectivity index (χ0n) is 8.89. The van der Waals surface area contributed by atoms with Gasteiger partial charge in [0.25, 0.3) is 0 Å². The van der Waals surface area contributed by atoms with Crippen LogP contribution in [-0.4, -0.2) is 5.78 Å². The summed E-state index contributed by atoms with van der Waals surface area (Å²) in [4.78, 5) is 11.6. The van der Waals surface area contributed by atoms with Gasteiger partial charge in [-0.25, -0.2) is 4.39 Å². The highest BCUT2D eigenvalue weighted by atomic mass is 79.9. The fourth-order valence-corrected chi connectivity index (χ4v) is 1.59. The van der Waals surface area contributed by atoms with Crippen molar-refractivity contribution in [2.45, 2.75) is 26.7 Å². The lowest BCUT2D eigenvalue weighted by molar-refractivity contribution is -0.121. The highest BCUT2D eigenvalue weighted by Crippen LogP contribution is 2.17. The van der Waals surface area contributed by atoms with Crippen molar-refractivity contribution in [3.8, 4) is 0 Å². The molecule has 0 amide bonds. The SMILES string of the molecule is CCC(C)C(=O)Cc1ccc(Br)cc1F. The number of benzene rings is 1. The van der Waals surface area contributed by atoms with Crippen molar-refractivity contribution in [2.24, 2.45) is 5.92 Å². The van der Waals surface area contributed by atoms with E-state index in [1.807, 2.05) is 13.8 Å². The van der Waals surface area contributed by atoms with Gasteiger partial charge in [0.05, 0.1) is 0 Å². The molecule has 0 aliphatic carbocycles. The number of halogens is 2. The third-order valence-corrected chi connectivity index (χ3v) is 3.04. The standard InChI is InChI=1S/C12H14BrFO/c1-3-8(2)12(15)6-9-4-5-10(13)7-11(9)14/h4-5,7-8H,3,6H2,1-2H3. The minimum absolute atomic E-state index is 0.00745. The Kier molecular flexibility index (Phi) is 4.45. The quantitative estimate of drug-likeness (QED) is 0.816. The molecule has 0 aliphatic heterocycles. The van der Waals surface area contributed by atoms with E-state index in [-0.39, 0.29) is 23.9 Å². The van der Waals surface area contributed by atoms with Crippen molar-refractivity contribution >= 4 is 21.7 Å². The molecule has 82 valence electrons. The van der Waals surface area contributed by atoms with Gasteiger partial charge in [-0.15, -0.1) is 0 Å². The first kappa shape index (κ1) is 12.4. The Balaban J connectivity index is 2.77. The summed E-state index contributed by atoms with van der Waals surface area (Å²) >= 11 is 3.18. The van der Waals surface area contributed by atoms with E-state index >= 15 is 0 Å². The molecule has 1 aromatic rings. The number of rotatable bonds is 4. The predicted molar refractivity (Wildman–Crippen MR) is 62.3 cm³/mol. The van der Waals surface area contributed by atoms with Gasteiger partial charge in [0.2, 0.25) is 0 Å². The molecule has 0 bridgehead atoms. The number of hydrogen-bond acceptors (Lipinski definition) is 1. The maximum absolute atomic E-state index is 13.4. The lowest BCUT2D eigenvalue weighted by atomic mass is 9.97. The molecule has 0 spiro atoms. The molecule has 15 heavy (non-hydrogen) atoms. The Labute approximate surface area is 97.8 Å². The van der Waals surface area contributed by atoms with Gasteiger partial charge in [0.15, 0.2) is 0 Å². The molecule has 0 heterocycles. The monoisotopic (exact) mass is 272 g/mol. The van der Waals surface area contributed by atoms with Crippen molar-refractivity contribution < 1.29 is 9.18 Å². The minimum atomic E-state index is -0.318. The fourth-order valence-electron chi connectivity index (χ4n) is 1.25. The number of hydrogen-bond donors (Lipinski definition) is 0. The van der Waals surface area contributed by atoms with Gasteiger partial charge in [-0.1, -0.05) is 35.8 Å². The first-order valence-electron chi connectivity index (χ1n) is 5.01. The van der Waals surface area contributed by atoms with Crippen molar-refractivity contribution in [3.63, 3.8) is 0 Å². The summed E-state index contributed by atoms with van der Waals surface area (Å²) in [7, 11) is 0. The molecule has 0 aliphatic rings. The van der Waals surface area contributed by atoms with Gasteiger partial charge in [-0.2, -0.15) is 0 Å². The largest absolute Gasteiger partial charge is 0.299 e. The summed E-state index contributed by atoms with van der Waals surface area (Å²) in [6.45, 7) is 3.83. The first-order chi connectivity index (χ1) is 7.04. The smallest absolute Gasteiger partial charge is 0.140 e. The molecule has 1 nitrogen and oxygen atoms in total. The second kappa shape index (κ2) is 5.40. The van der Waals surface area contributed by atoms with E-state index < -0.39 is 0 Å². The van der Waals surface area contributed by atoms with Crippen LogP contribution in [0.4, 0.5) is 4.39 Å². The minimum Gasteiger partial charge on any atom is -0.299 e. The van der Waals surface area contributed by atoms with Crippen molar-refractivity contribution in [3.05, 3.63) is 34.1 Å². The van der Waals surface area contributed by atoms with Crippen LogP contribution < -0.4 is 0 Å². The Morgan fingerprint density at radius 2 is 2.20 bits per heavy atom. The molecule has 0 N–H and O–H groups in total. The van der Waals surface area contributed by atoms with Crippen LogP contribution in [0, 0.1) is 11.7 Å². The second-order valence-electron chi connectivity index (χ2n) is 3.69. The van der Waals surface area contributed by atoms with Crippen LogP contribution in [0.5, 0.6) is 0 Å². The van der Waals surface area contributed by atoms with E-state index in [1.165, 1.54) is 6.07 Å². The molecule has 1 rings (SSSR count). The normalized spacial score (nSPS) is 12.5. The Morgan fingerprint density at radius 1 is 1.53 bits per heavy atom. The number of ketones is 1. The average molecular weight is 273 g/mol. The molecule has 1 aromatic carbocycles. The van der Waals surface area contributed by atoms with Crippen LogP contribution in [0.25, 0.3) is 0 Å². The summed E-state index contributed by atoms with van der Waals surface area (Å²) in [5.74, 6) is -0.215. The lowest BCUT2D eigenvalue weighted by Crippen LogP contribution is -2.13. The van der Waals surface area contributed by atoms with E-state index in [9.17, 15) is 9.18 Å². The molecule has 1 atom stereocenters. The number of carbonyl (C=O) groups excluding carboxylic acids is 1.